The molecule has 1 spiro atoms. The summed E-state index contributed by atoms with van der Waals surface area (Å²) in [5, 5.41) is 3.60. The van der Waals surface area contributed by atoms with E-state index in [2.05, 4.69) is 5.32 Å². The van der Waals surface area contributed by atoms with Crippen LogP contribution < -0.4 is 5.32 Å². The molecule has 0 bridgehead atoms. The Hall–Kier alpha value is -0.0400. The van der Waals surface area contributed by atoms with Crippen molar-refractivity contribution in [1.82, 2.24) is 5.32 Å². The number of hydrogen-bond donors (Lipinski definition) is 1. The zero-order valence-electron chi connectivity index (χ0n) is 6.66. The summed E-state index contributed by atoms with van der Waals surface area (Å²) in [5.74, 6) is 0. The molecule has 2 aliphatic rings. The van der Waals surface area contributed by atoms with E-state index in [1.165, 1.54) is 51.5 Å². The van der Waals surface area contributed by atoms with E-state index >= 15 is 0 Å². The topological polar surface area (TPSA) is 12.0 Å². The summed E-state index contributed by atoms with van der Waals surface area (Å²) in [5.41, 5.74) is 0.635. The average Bonchev–Trinajstić information content (AvgIpc) is 2.08. The van der Waals surface area contributed by atoms with E-state index in [0.717, 1.165) is 0 Å². The van der Waals surface area contributed by atoms with Crippen LogP contribution in [0.5, 0.6) is 0 Å². The van der Waals surface area contributed by atoms with Crippen LogP contribution in [0.4, 0.5) is 0 Å². The monoisotopic (exact) mass is 139 g/mol. The third-order valence-corrected chi connectivity index (χ3v) is 3.16. The van der Waals surface area contributed by atoms with Gasteiger partial charge in [0, 0.05) is 5.54 Å². The summed E-state index contributed by atoms with van der Waals surface area (Å²) in [7, 11) is 0. The van der Waals surface area contributed by atoms with E-state index < -0.39 is 0 Å². The maximum Gasteiger partial charge on any atom is 0.0193 e. The minimum Gasteiger partial charge on any atom is -0.311 e. The minimum absolute atomic E-state index is 0.635. The standard InChI is InChI=1S/C9H17N/c1-2-4-6-9(5-3-1)7-8-10-9/h10H,1-8H2. The van der Waals surface area contributed by atoms with Crippen LogP contribution in [0.3, 0.4) is 0 Å². The van der Waals surface area contributed by atoms with E-state index in [-0.39, 0.29) is 0 Å². The summed E-state index contributed by atoms with van der Waals surface area (Å²) < 4.78 is 0. The van der Waals surface area contributed by atoms with Gasteiger partial charge in [0.05, 0.1) is 0 Å². The molecule has 0 aromatic carbocycles. The van der Waals surface area contributed by atoms with Crippen LogP contribution in [0.15, 0.2) is 0 Å². The number of hydrogen-bond acceptors (Lipinski definition) is 1. The normalized spacial score (nSPS) is 31.2. The van der Waals surface area contributed by atoms with Crippen molar-refractivity contribution in [2.75, 3.05) is 6.54 Å². The third kappa shape index (κ3) is 1.07. The molecule has 1 nitrogen and oxygen atoms in total. The van der Waals surface area contributed by atoms with E-state index in [1.54, 1.807) is 0 Å². The molecule has 1 N–H and O–H groups in total. The second-order valence-corrected chi connectivity index (χ2v) is 3.87. The lowest BCUT2D eigenvalue weighted by atomic mass is 9.81. The highest BCUT2D eigenvalue weighted by Crippen LogP contribution is 2.33. The number of nitrogens with one attached hydrogen (secondary N) is 1. The predicted molar refractivity (Wildman–Crippen MR) is 43.1 cm³/mol. The Morgan fingerprint density at radius 3 is 1.80 bits per heavy atom. The van der Waals surface area contributed by atoms with Crippen LogP contribution in [0.2, 0.25) is 0 Å². The van der Waals surface area contributed by atoms with Crippen molar-refractivity contribution < 1.29 is 0 Å². The van der Waals surface area contributed by atoms with Crippen molar-refractivity contribution >= 4 is 0 Å². The van der Waals surface area contributed by atoms with Gasteiger partial charge >= 0.3 is 0 Å². The first-order valence-corrected chi connectivity index (χ1v) is 4.66. The molecule has 2 fully saturated rings. The third-order valence-electron chi connectivity index (χ3n) is 3.16. The average molecular weight is 139 g/mol. The van der Waals surface area contributed by atoms with Gasteiger partial charge in [0.25, 0.3) is 0 Å². The fraction of sp³-hybridized carbons (Fsp3) is 1.00. The molecule has 10 heavy (non-hydrogen) atoms. The first-order valence-electron chi connectivity index (χ1n) is 4.66. The van der Waals surface area contributed by atoms with Crippen molar-refractivity contribution in [3.05, 3.63) is 0 Å². The van der Waals surface area contributed by atoms with Gasteiger partial charge in [-0.2, -0.15) is 0 Å². The molecule has 0 radical (unpaired) electrons. The van der Waals surface area contributed by atoms with E-state index in [9.17, 15) is 0 Å². The summed E-state index contributed by atoms with van der Waals surface area (Å²) in [6.07, 6.45) is 10.2. The van der Waals surface area contributed by atoms with Gasteiger partial charge in [-0.05, 0) is 25.8 Å². The van der Waals surface area contributed by atoms with Crippen molar-refractivity contribution in [1.29, 1.82) is 0 Å². The smallest absolute Gasteiger partial charge is 0.0193 e. The van der Waals surface area contributed by atoms with Gasteiger partial charge in [-0.3, -0.25) is 0 Å². The van der Waals surface area contributed by atoms with Crippen molar-refractivity contribution in [2.24, 2.45) is 0 Å². The van der Waals surface area contributed by atoms with Crippen LogP contribution >= 0.6 is 0 Å². The maximum absolute atomic E-state index is 3.60. The molecule has 0 aromatic rings. The van der Waals surface area contributed by atoms with Gasteiger partial charge in [-0.1, -0.05) is 25.7 Å². The quantitative estimate of drug-likeness (QED) is 0.541. The Morgan fingerprint density at radius 2 is 1.40 bits per heavy atom. The fourth-order valence-electron chi connectivity index (χ4n) is 2.31. The molecule has 0 atom stereocenters. The summed E-state index contributed by atoms with van der Waals surface area (Å²) in [6, 6.07) is 0. The van der Waals surface area contributed by atoms with Gasteiger partial charge in [-0.15, -0.1) is 0 Å². The van der Waals surface area contributed by atoms with Crippen molar-refractivity contribution in [3.63, 3.8) is 0 Å². The Bertz CT molecular complexity index is 106. The lowest BCUT2D eigenvalue weighted by Gasteiger charge is -2.43. The second-order valence-electron chi connectivity index (χ2n) is 3.87. The van der Waals surface area contributed by atoms with Crippen LogP contribution in [0.1, 0.15) is 44.9 Å². The Kier molecular flexibility index (Phi) is 1.69. The van der Waals surface area contributed by atoms with E-state index in [4.69, 9.17) is 0 Å². The molecule has 58 valence electrons. The molecule has 1 aliphatic heterocycles. The van der Waals surface area contributed by atoms with Gasteiger partial charge in [0.2, 0.25) is 0 Å². The largest absolute Gasteiger partial charge is 0.311 e. The molecule has 1 saturated heterocycles. The Morgan fingerprint density at radius 1 is 0.800 bits per heavy atom. The molecular weight excluding hydrogens is 122 g/mol. The first-order chi connectivity index (χ1) is 4.91. The first kappa shape index (κ1) is 6.66. The molecule has 1 aliphatic carbocycles. The van der Waals surface area contributed by atoms with Crippen LogP contribution in [0, 0.1) is 0 Å². The molecular formula is C9H17N. The van der Waals surface area contributed by atoms with Crippen molar-refractivity contribution in [3.8, 4) is 0 Å². The van der Waals surface area contributed by atoms with E-state index in [1.807, 2.05) is 0 Å². The van der Waals surface area contributed by atoms with Crippen LogP contribution in [-0.4, -0.2) is 12.1 Å². The molecule has 0 unspecified atom stereocenters. The predicted octanol–water partition coefficient (Wildman–Crippen LogP) is 2.07. The van der Waals surface area contributed by atoms with Crippen LogP contribution in [-0.2, 0) is 0 Å². The SMILES string of the molecule is C1CCCC2(CC1)CCN2. The zero-order chi connectivity index (χ0) is 6.86. The zero-order valence-corrected chi connectivity index (χ0v) is 6.66. The molecule has 2 rings (SSSR count). The molecule has 1 saturated carbocycles. The van der Waals surface area contributed by atoms with Gasteiger partial charge in [-0.25, -0.2) is 0 Å². The number of rotatable bonds is 0. The Labute approximate surface area is 63.2 Å². The van der Waals surface area contributed by atoms with Crippen molar-refractivity contribution in [2.45, 2.75) is 50.5 Å². The van der Waals surface area contributed by atoms with E-state index in [0.29, 0.717) is 5.54 Å². The second kappa shape index (κ2) is 2.54. The highest BCUT2D eigenvalue weighted by molar-refractivity contribution is 4.97. The maximum atomic E-state index is 3.60. The minimum atomic E-state index is 0.635. The highest BCUT2D eigenvalue weighted by Gasteiger charge is 2.35. The fourth-order valence-corrected chi connectivity index (χ4v) is 2.31. The lowest BCUT2D eigenvalue weighted by molar-refractivity contribution is 0.180. The van der Waals surface area contributed by atoms with Gasteiger partial charge in [0.15, 0.2) is 0 Å². The van der Waals surface area contributed by atoms with Gasteiger partial charge < -0.3 is 5.32 Å². The molecule has 1 heteroatoms. The van der Waals surface area contributed by atoms with Crippen LogP contribution in [0.25, 0.3) is 0 Å². The summed E-state index contributed by atoms with van der Waals surface area (Å²) >= 11 is 0. The highest BCUT2D eigenvalue weighted by atomic mass is 15.0. The summed E-state index contributed by atoms with van der Waals surface area (Å²) in [4.78, 5) is 0. The molecule has 0 aromatic heterocycles. The Balaban J connectivity index is 1.92. The molecule has 0 amide bonds. The molecule has 1 heterocycles. The summed E-state index contributed by atoms with van der Waals surface area (Å²) in [6.45, 7) is 1.28. The lowest BCUT2D eigenvalue weighted by Crippen LogP contribution is -2.56. The van der Waals surface area contributed by atoms with Gasteiger partial charge in [0.1, 0.15) is 0 Å².